The van der Waals surface area contributed by atoms with Gasteiger partial charge in [0.05, 0.1) is 17.1 Å². The predicted molar refractivity (Wildman–Crippen MR) is 144 cm³/mol. The molecule has 1 saturated carbocycles. The van der Waals surface area contributed by atoms with Crippen molar-refractivity contribution in [3.05, 3.63) is 54.1 Å². The highest BCUT2D eigenvalue weighted by molar-refractivity contribution is 5.75. The minimum absolute atomic E-state index is 0.103. The van der Waals surface area contributed by atoms with Crippen LogP contribution in [-0.2, 0) is 4.74 Å². The van der Waals surface area contributed by atoms with Gasteiger partial charge in [0, 0.05) is 6.61 Å². The summed E-state index contributed by atoms with van der Waals surface area (Å²) in [5.74, 6) is 0.505. The number of nitriles is 1. The lowest BCUT2D eigenvalue weighted by Gasteiger charge is -2.45. The van der Waals surface area contributed by atoms with Gasteiger partial charge < -0.3 is 4.74 Å². The van der Waals surface area contributed by atoms with E-state index in [1.165, 1.54) is 62.5 Å². The third kappa shape index (κ3) is 7.32. The quantitative estimate of drug-likeness (QED) is 0.258. The van der Waals surface area contributed by atoms with Gasteiger partial charge in [-0.3, -0.25) is 0 Å². The third-order valence-corrected chi connectivity index (χ3v) is 8.29. The minimum atomic E-state index is -0.201. The van der Waals surface area contributed by atoms with Crippen LogP contribution in [0, 0.1) is 22.7 Å². The number of nitrogens with zero attached hydrogens (tertiary/aromatic N) is 1. The van der Waals surface area contributed by atoms with E-state index >= 15 is 0 Å². The Kier molecular flexibility index (Phi) is 10.9. The number of hydrogen-bond donors (Lipinski definition) is 0. The van der Waals surface area contributed by atoms with Gasteiger partial charge in [-0.25, -0.2) is 0 Å². The van der Waals surface area contributed by atoms with Crippen LogP contribution in [0.4, 0.5) is 0 Å². The normalized spacial score (nSPS) is 26.7. The van der Waals surface area contributed by atoms with Crippen molar-refractivity contribution in [1.29, 1.82) is 5.26 Å². The molecule has 0 radical (unpaired) electrons. The van der Waals surface area contributed by atoms with Gasteiger partial charge in [0.1, 0.15) is 0 Å². The fraction of sp³-hybridized carbons (Fsp3) is 0.656. The molecule has 0 aliphatic heterocycles. The Labute approximate surface area is 209 Å². The van der Waals surface area contributed by atoms with Crippen molar-refractivity contribution in [2.24, 2.45) is 11.3 Å². The first-order valence-corrected chi connectivity index (χ1v) is 14.2. The second-order valence-corrected chi connectivity index (χ2v) is 10.8. The summed E-state index contributed by atoms with van der Waals surface area (Å²) in [6, 6.07) is 13.5. The molecule has 0 bridgehead atoms. The summed E-state index contributed by atoms with van der Waals surface area (Å²) in [5, 5.41) is 10.1. The van der Waals surface area contributed by atoms with Crippen LogP contribution in [0.2, 0.25) is 0 Å². The van der Waals surface area contributed by atoms with Crippen LogP contribution in [-0.4, -0.2) is 12.2 Å². The molecule has 1 aromatic rings. The monoisotopic (exact) mass is 461 g/mol. The molecule has 2 nitrogen and oxygen atoms in total. The average Bonchev–Trinajstić information content (AvgIpc) is 2.89. The molecule has 0 saturated heterocycles. The molecular formula is C32H47NO. The maximum absolute atomic E-state index is 10.1. The zero-order valence-corrected chi connectivity index (χ0v) is 21.9. The van der Waals surface area contributed by atoms with Crippen molar-refractivity contribution >= 4 is 5.57 Å². The molecule has 1 atom stereocenters. The van der Waals surface area contributed by atoms with Crippen molar-refractivity contribution < 1.29 is 4.74 Å². The zero-order chi connectivity index (χ0) is 24.1. The highest BCUT2D eigenvalue weighted by Crippen LogP contribution is 2.49. The summed E-state index contributed by atoms with van der Waals surface area (Å²) in [6.07, 6.45) is 24.7. The van der Waals surface area contributed by atoms with E-state index in [2.05, 4.69) is 68.5 Å². The standard InChI is InChI=1S/C32H47NO/c1-3-5-7-9-13-21-31(27-33)22-19-30(20-23-31)32(34-26-14-8-6-4-2)24-17-29(18-25-32)28-15-11-10-12-16-28/h10-12,15-18,24,30H,3-9,13-14,19-23,25-26H2,1-2H3. The van der Waals surface area contributed by atoms with Gasteiger partial charge in [-0.2, -0.15) is 5.26 Å². The average molecular weight is 462 g/mol. The summed E-state index contributed by atoms with van der Waals surface area (Å²) < 4.78 is 6.75. The molecule has 0 spiro atoms. The van der Waals surface area contributed by atoms with Crippen molar-refractivity contribution in [2.75, 3.05) is 6.61 Å². The summed E-state index contributed by atoms with van der Waals surface area (Å²) in [7, 11) is 0. The maximum atomic E-state index is 10.1. The molecular weight excluding hydrogens is 414 g/mol. The van der Waals surface area contributed by atoms with Crippen molar-refractivity contribution in [2.45, 2.75) is 116 Å². The summed E-state index contributed by atoms with van der Waals surface area (Å²) in [6.45, 7) is 5.36. The van der Waals surface area contributed by atoms with Crippen LogP contribution in [0.3, 0.4) is 0 Å². The van der Waals surface area contributed by atoms with E-state index in [1.807, 2.05) is 0 Å². The van der Waals surface area contributed by atoms with Crippen molar-refractivity contribution in [3.8, 4) is 6.07 Å². The molecule has 2 aliphatic rings. The lowest BCUT2D eigenvalue weighted by atomic mass is 9.63. The largest absolute Gasteiger partial charge is 0.370 e. The lowest BCUT2D eigenvalue weighted by molar-refractivity contribution is -0.0685. The first kappa shape index (κ1) is 26.7. The molecule has 2 heteroatoms. The van der Waals surface area contributed by atoms with Gasteiger partial charge in [-0.1, -0.05) is 114 Å². The van der Waals surface area contributed by atoms with Gasteiger partial charge >= 0.3 is 0 Å². The third-order valence-electron chi connectivity index (χ3n) is 8.29. The van der Waals surface area contributed by atoms with Crippen LogP contribution >= 0.6 is 0 Å². The highest BCUT2D eigenvalue weighted by atomic mass is 16.5. The Morgan fingerprint density at radius 3 is 2.21 bits per heavy atom. The summed E-state index contributed by atoms with van der Waals surface area (Å²) in [5.41, 5.74) is 2.28. The van der Waals surface area contributed by atoms with Gasteiger partial charge in [-0.15, -0.1) is 0 Å². The molecule has 1 aromatic carbocycles. The molecule has 0 aromatic heterocycles. The van der Waals surface area contributed by atoms with Crippen LogP contribution in [0.15, 0.2) is 48.6 Å². The smallest absolute Gasteiger partial charge is 0.0928 e. The second-order valence-electron chi connectivity index (χ2n) is 10.8. The fourth-order valence-corrected chi connectivity index (χ4v) is 5.94. The van der Waals surface area contributed by atoms with Crippen molar-refractivity contribution in [3.63, 3.8) is 0 Å². The van der Waals surface area contributed by atoms with Gasteiger partial charge in [0.2, 0.25) is 0 Å². The van der Waals surface area contributed by atoms with Crippen LogP contribution in [0.25, 0.3) is 5.57 Å². The molecule has 186 valence electrons. The number of ether oxygens (including phenoxy) is 1. The number of rotatable bonds is 14. The minimum Gasteiger partial charge on any atom is -0.370 e. The fourth-order valence-electron chi connectivity index (χ4n) is 5.94. The van der Waals surface area contributed by atoms with Crippen LogP contribution < -0.4 is 0 Å². The molecule has 34 heavy (non-hydrogen) atoms. The van der Waals surface area contributed by atoms with Gasteiger partial charge in [-0.05, 0) is 62.0 Å². The Bertz CT molecular complexity index is 809. The summed E-state index contributed by atoms with van der Waals surface area (Å²) in [4.78, 5) is 0. The van der Waals surface area contributed by atoms with E-state index in [1.54, 1.807) is 0 Å². The molecule has 2 aliphatic carbocycles. The molecule has 1 fully saturated rings. The van der Waals surface area contributed by atoms with E-state index in [0.717, 1.165) is 51.6 Å². The van der Waals surface area contributed by atoms with E-state index in [-0.39, 0.29) is 11.0 Å². The predicted octanol–water partition coefficient (Wildman–Crippen LogP) is 9.43. The number of allylic oxidation sites excluding steroid dienone is 2. The van der Waals surface area contributed by atoms with Crippen LogP contribution in [0.5, 0.6) is 0 Å². The lowest BCUT2D eigenvalue weighted by Crippen LogP contribution is -2.43. The first-order valence-electron chi connectivity index (χ1n) is 14.2. The van der Waals surface area contributed by atoms with E-state index in [9.17, 15) is 5.26 Å². The number of hydrogen-bond acceptors (Lipinski definition) is 2. The molecule has 3 rings (SSSR count). The molecule has 0 N–H and O–H groups in total. The van der Waals surface area contributed by atoms with E-state index in [4.69, 9.17) is 4.74 Å². The zero-order valence-electron chi connectivity index (χ0n) is 21.9. The van der Waals surface area contributed by atoms with E-state index in [0.29, 0.717) is 5.92 Å². The maximum Gasteiger partial charge on any atom is 0.0928 e. The number of benzene rings is 1. The van der Waals surface area contributed by atoms with Gasteiger partial charge in [0.25, 0.3) is 0 Å². The Balaban J connectivity index is 1.63. The van der Waals surface area contributed by atoms with E-state index < -0.39 is 0 Å². The second kappa shape index (κ2) is 13.9. The Morgan fingerprint density at radius 1 is 0.912 bits per heavy atom. The van der Waals surface area contributed by atoms with Crippen LogP contribution in [0.1, 0.15) is 116 Å². The first-order chi connectivity index (χ1) is 16.7. The van der Waals surface area contributed by atoms with Crippen molar-refractivity contribution in [1.82, 2.24) is 0 Å². The SMILES string of the molecule is CCCCCCCC1(C#N)CCC(C2(OCCCCCC)C=CC(c3ccccc3)=CC2)CC1. The summed E-state index contributed by atoms with van der Waals surface area (Å²) >= 11 is 0. The highest BCUT2D eigenvalue weighted by Gasteiger charge is 2.44. The molecule has 0 heterocycles. The molecule has 1 unspecified atom stereocenters. The topological polar surface area (TPSA) is 33.0 Å². The Hall–Kier alpha value is -1.85. The van der Waals surface area contributed by atoms with Gasteiger partial charge in [0.15, 0.2) is 0 Å². The number of unbranched alkanes of at least 4 members (excludes halogenated alkanes) is 7. The Morgan fingerprint density at radius 2 is 1.59 bits per heavy atom. The molecule has 0 amide bonds.